The van der Waals surface area contributed by atoms with Gasteiger partial charge in [-0.2, -0.15) is 0 Å². The molecule has 1 aromatic carbocycles. The van der Waals surface area contributed by atoms with Crippen molar-refractivity contribution in [3.8, 4) is 0 Å². The molecule has 0 aliphatic carbocycles. The van der Waals surface area contributed by atoms with E-state index in [1.807, 2.05) is 6.07 Å². The van der Waals surface area contributed by atoms with Crippen molar-refractivity contribution in [2.24, 2.45) is 4.99 Å². The topological polar surface area (TPSA) is 45.7 Å². The van der Waals surface area contributed by atoms with Gasteiger partial charge in [-0.3, -0.25) is 4.99 Å². The zero-order chi connectivity index (χ0) is 15.3. The number of aryl methyl sites for hydroxylation is 1. The number of halogens is 1. The lowest BCUT2D eigenvalue weighted by molar-refractivity contribution is 0.0243. The number of ether oxygens (including phenoxy) is 1. The first-order valence-electron chi connectivity index (χ1n) is 7.36. The second-order valence-electron chi connectivity index (χ2n) is 5.76. The molecule has 0 amide bonds. The Morgan fingerprint density at radius 2 is 2.24 bits per heavy atom. The van der Waals surface area contributed by atoms with Crippen molar-refractivity contribution in [2.45, 2.75) is 38.8 Å². The summed E-state index contributed by atoms with van der Waals surface area (Å²) in [6.07, 6.45) is 2.17. The van der Waals surface area contributed by atoms with E-state index < -0.39 is 0 Å². The number of hydrogen-bond acceptors (Lipinski definition) is 2. The number of benzene rings is 1. The quantitative estimate of drug-likeness (QED) is 0.662. The molecule has 0 radical (unpaired) electrons. The summed E-state index contributed by atoms with van der Waals surface area (Å²) in [6, 6.07) is 5.12. The second kappa shape index (κ2) is 6.89. The Hall–Kier alpha value is -1.62. The molecule has 0 bridgehead atoms. The van der Waals surface area contributed by atoms with Gasteiger partial charge in [-0.05, 0) is 43.9 Å². The molecule has 1 aliphatic rings. The highest BCUT2D eigenvalue weighted by Gasteiger charge is 2.29. The average molecular weight is 293 g/mol. The molecule has 1 aromatic rings. The van der Waals surface area contributed by atoms with Gasteiger partial charge < -0.3 is 15.4 Å². The smallest absolute Gasteiger partial charge is 0.191 e. The van der Waals surface area contributed by atoms with Crippen LogP contribution in [-0.2, 0) is 11.3 Å². The van der Waals surface area contributed by atoms with E-state index >= 15 is 0 Å². The molecule has 0 spiro atoms. The summed E-state index contributed by atoms with van der Waals surface area (Å²) < 4.78 is 19.0. The van der Waals surface area contributed by atoms with Crippen molar-refractivity contribution in [1.82, 2.24) is 10.6 Å². The van der Waals surface area contributed by atoms with Crippen LogP contribution < -0.4 is 10.6 Å². The Bertz CT molecular complexity index is 510. The average Bonchev–Trinajstić information content (AvgIpc) is 2.90. The third-order valence-electron chi connectivity index (χ3n) is 3.84. The van der Waals surface area contributed by atoms with Crippen molar-refractivity contribution >= 4 is 5.96 Å². The summed E-state index contributed by atoms with van der Waals surface area (Å²) in [5.74, 6) is 0.557. The molecule has 116 valence electrons. The van der Waals surface area contributed by atoms with E-state index in [1.54, 1.807) is 20.0 Å². The van der Waals surface area contributed by atoms with Crippen LogP contribution in [0, 0.1) is 12.7 Å². The minimum Gasteiger partial charge on any atom is -0.373 e. The number of guanidine groups is 1. The molecule has 1 fully saturated rings. The van der Waals surface area contributed by atoms with E-state index in [2.05, 4.69) is 22.5 Å². The van der Waals surface area contributed by atoms with Crippen LogP contribution in [0.5, 0.6) is 0 Å². The number of nitrogens with zero attached hydrogens (tertiary/aromatic N) is 1. The van der Waals surface area contributed by atoms with Crippen LogP contribution in [0.1, 0.15) is 30.9 Å². The molecule has 1 atom stereocenters. The summed E-state index contributed by atoms with van der Waals surface area (Å²) in [4.78, 5) is 4.20. The van der Waals surface area contributed by atoms with Gasteiger partial charge in [0.2, 0.25) is 0 Å². The van der Waals surface area contributed by atoms with Crippen LogP contribution in [0.3, 0.4) is 0 Å². The molecular formula is C16H24FN3O. The van der Waals surface area contributed by atoms with Crippen LogP contribution in [0.15, 0.2) is 23.2 Å². The number of rotatable bonds is 4. The van der Waals surface area contributed by atoms with Crippen LogP contribution in [0.2, 0.25) is 0 Å². The molecule has 0 saturated carbocycles. The lowest BCUT2D eigenvalue weighted by Crippen LogP contribution is -2.45. The first-order valence-corrected chi connectivity index (χ1v) is 7.36. The van der Waals surface area contributed by atoms with Gasteiger partial charge >= 0.3 is 0 Å². The van der Waals surface area contributed by atoms with Crippen LogP contribution in [0.25, 0.3) is 0 Å². The van der Waals surface area contributed by atoms with Gasteiger partial charge in [0, 0.05) is 26.7 Å². The Morgan fingerprint density at radius 1 is 1.43 bits per heavy atom. The predicted molar refractivity (Wildman–Crippen MR) is 82.9 cm³/mol. The van der Waals surface area contributed by atoms with Crippen LogP contribution >= 0.6 is 0 Å². The van der Waals surface area contributed by atoms with Crippen molar-refractivity contribution < 1.29 is 9.13 Å². The third kappa shape index (κ3) is 4.43. The maximum Gasteiger partial charge on any atom is 0.191 e. The zero-order valence-electron chi connectivity index (χ0n) is 13.0. The van der Waals surface area contributed by atoms with E-state index in [1.165, 1.54) is 6.07 Å². The minimum atomic E-state index is -0.174. The Kier molecular flexibility index (Phi) is 5.17. The summed E-state index contributed by atoms with van der Waals surface area (Å²) in [6.45, 7) is 6.06. The molecule has 4 nitrogen and oxygen atoms in total. The highest BCUT2D eigenvalue weighted by atomic mass is 19.1. The van der Waals surface area contributed by atoms with Gasteiger partial charge in [-0.15, -0.1) is 0 Å². The van der Waals surface area contributed by atoms with Crippen LogP contribution in [0.4, 0.5) is 4.39 Å². The van der Waals surface area contributed by atoms with E-state index in [0.717, 1.165) is 37.5 Å². The Balaban J connectivity index is 1.83. The normalized spacial score (nSPS) is 22.4. The minimum absolute atomic E-state index is 0.107. The van der Waals surface area contributed by atoms with E-state index in [-0.39, 0.29) is 11.4 Å². The van der Waals surface area contributed by atoms with Gasteiger partial charge in [0.1, 0.15) is 5.82 Å². The summed E-state index contributed by atoms with van der Waals surface area (Å²) in [5, 5.41) is 6.52. The zero-order valence-corrected chi connectivity index (χ0v) is 13.0. The molecule has 2 rings (SSSR count). The molecule has 5 heteroatoms. The molecular weight excluding hydrogens is 269 g/mol. The molecule has 1 heterocycles. The van der Waals surface area contributed by atoms with Crippen molar-refractivity contribution in [3.05, 3.63) is 35.1 Å². The lowest BCUT2D eigenvalue weighted by Gasteiger charge is -2.24. The molecule has 2 N–H and O–H groups in total. The maximum absolute atomic E-state index is 13.2. The second-order valence-corrected chi connectivity index (χ2v) is 5.76. The van der Waals surface area contributed by atoms with E-state index in [9.17, 15) is 4.39 Å². The fourth-order valence-corrected chi connectivity index (χ4v) is 2.47. The van der Waals surface area contributed by atoms with Gasteiger partial charge in [0.25, 0.3) is 0 Å². The number of aliphatic imine (C=N–C) groups is 1. The first kappa shape index (κ1) is 15.8. The largest absolute Gasteiger partial charge is 0.373 e. The van der Waals surface area contributed by atoms with Gasteiger partial charge in [-0.1, -0.05) is 12.1 Å². The lowest BCUT2D eigenvalue weighted by atomic mass is 10.0. The third-order valence-corrected chi connectivity index (χ3v) is 3.84. The van der Waals surface area contributed by atoms with E-state index in [4.69, 9.17) is 4.74 Å². The number of nitrogens with one attached hydrogen (secondary N) is 2. The van der Waals surface area contributed by atoms with Gasteiger partial charge in [-0.25, -0.2) is 4.39 Å². The number of hydrogen-bond donors (Lipinski definition) is 2. The van der Waals surface area contributed by atoms with Gasteiger partial charge in [0.05, 0.1) is 5.60 Å². The summed E-state index contributed by atoms with van der Waals surface area (Å²) in [7, 11) is 1.74. The maximum atomic E-state index is 13.2. The molecule has 1 saturated heterocycles. The standard InChI is InChI=1S/C16H24FN3O/c1-12-9-13(5-6-14(12)17)10-19-15(18-3)20-11-16(2)7-4-8-21-16/h5-6,9H,4,7-8,10-11H2,1-3H3,(H2,18,19,20). The Morgan fingerprint density at radius 3 is 2.86 bits per heavy atom. The van der Waals surface area contributed by atoms with Crippen LogP contribution in [-0.4, -0.2) is 31.8 Å². The van der Waals surface area contributed by atoms with Crippen molar-refractivity contribution in [2.75, 3.05) is 20.2 Å². The van der Waals surface area contributed by atoms with Gasteiger partial charge in [0.15, 0.2) is 5.96 Å². The first-order chi connectivity index (χ1) is 10.0. The molecule has 21 heavy (non-hydrogen) atoms. The SMILES string of the molecule is CN=C(NCc1ccc(F)c(C)c1)NCC1(C)CCCO1. The highest BCUT2D eigenvalue weighted by Crippen LogP contribution is 2.23. The molecule has 1 unspecified atom stereocenters. The Labute approximate surface area is 125 Å². The summed E-state index contributed by atoms with van der Waals surface area (Å²) >= 11 is 0. The molecule has 1 aliphatic heterocycles. The monoisotopic (exact) mass is 293 g/mol. The fraction of sp³-hybridized carbons (Fsp3) is 0.562. The fourth-order valence-electron chi connectivity index (χ4n) is 2.47. The van der Waals surface area contributed by atoms with E-state index in [0.29, 0.717) is 12.1 Å². The van der Waals surface area contributed by atoms with Crippen molar-refractivity contribution in [3.63, 3.8) is 0 Å². The molecule has 0 aromatic heterocycles. The van der Waals surface area contributed by atoms with Crippen molar-refractivity contribution in [1.29, 1.82) is 0 Å². The predicted octanol–water partition coefficient (Wildman–Crippen LogP) is 2.37. The summed E-state index contributed by atoms with van der Waals surface area (Å²) in [5.41, 5.74) is 1.58. The highest BCUT2D eigenvalue weighted by molar-refractivity contribution is 5.79.